The highest BCUT2D eigenvalue weighted by Gasteiger charge is 2.00. The molecule has 0 spiro atoms. The van der Waals surface area contributed by atoms with Crippen LogP contribution < -0.4 is 10.1 Å². The third-order valence-electron chi connectivity index (χ3n) is 2.30. The van der Waals surface area contributed by atoms with E-state index in [4.69, 9.17) is 33.0 Å². The second-order valence-corrected chi connectivity index (χ2v) is 4.54. The molecule has 0 atom stereocenters. The Morgan fingerprint density at radius 2 is 1.94 bits per heavy atom. The molecule has 0 saturated carbocycles. The Kier molecular flexibility index (Phi) is 7.37. The zero-order valence-electron chi connectivity index (χ0n) is 9.66. The fraction of sp³-hybridized carbons (Fsp3) is 0.500. The Morgan fingerprint density at radius 3 is 2.65 bits per heavy atom. The van der Waals surface area contributed by atoms with Crippen molar-refractivity contribution >= 4 is 23.2 Å². The second-order valence-electron chi connectivity index (χ2n) is 3.72. The number of quaternary nitrogens is 1. The molecule has 0 bridgehead atoms. The van der Waals surface area contributed by atoms with E-state index < -0.39 is 0 Å². The maximum absolute atomic E-state index is 8.59. The third-order valence-corrected chi connectivity index (χ3v) is 3.03. The molecule has 0 unspecified atom stereocenters. The summed E-state index contributed by atoms with van der Waals surface area (Å²) in [5.74, 6) is 0.749. The molecule has 0 amide bonds. The number of benzene rings is 1. The van der Waals surface area contributed by atoms with Crippen molar-refractivity contribution in [3.63, 3.8) is 0 Å². The van der Waals surface area contributed by atoms with Gasteiger partial charge in [0.15, 0.2) is 0 Å². The lowest BCUT2D eigenvalue weighted by Crippen LogP contribution is -2.85. The molecule has 0 saturated heterocycles. The smallest absolute Gasteiger partial charge is 0.120 e. The van der Waals surface area contributed by atoms with Gasteiger partial charge in [0.1, 0.15) is 5.75 Å². The average molecular weight is 279 g/mol. The minimum absolute atomic E-state index is 0.236. The lowest BCUT2D eigenvalue weighted by molar-refractivity contribution is -0.656. The Hall–Kier alpha value is -0.480. The van der Waals surface area contributed by atoms with Crippen molar-refractivity contribution in [2.45, 2.75) is 12.8 Å². The van der Waals surface area contributed by atoms with E-state index >= 15 is 0 Å². The zero-order chi connectivity index (χ0) is 12.5. The number of aliphatic hydroxyl groups is 1. The van der Waals surface area contributed by atoms with Gasteiger partial charge in [-0.1, -0.05) is 23.2 Å². The molecule has 0 radical (unpaired) electrons. The molecule has 3 N–H and O–H groups in total. The summed E-state index contributed by atoms with van der Waals surface area (Å²) in [6, 6.07) is 5.27. The van der Waals surface area contributed by atoms with Gasteiger partial charge in [-0.15, -0.1) is 0 Å². The molecule has 1 aromatic rings. The quantitative estimate of drug-likeness (QED) is 0.712. The molecule has 1 aromatic carbocycles. The van der Waals surface area contributed by atoms with Crippen LogP contribution in [0.15, 0.2) is 18.2 Å². The maximum Gasteiger partial charge on any atom is 0.120 e. The number of aliphatic hydroxyl groups excluding tert-OH is 1. The normalized spacial score (nSPS) is 10.5. The van der Waals surface area contributed by atoms with Crippen molar-refractivity contribution in [3.05, 3.63) is 28.2 Å². The van der Waals surface area contributed by atoms with Gasteiger partial charge in [0.05, 0.1) is 36.3 Å². The molecular formula is C12H18Cl2NO2+. The molecule has 1 rings (SSSR count). The topological polar surface area (TPSA) is 46.1 Å². The summed E-state index contributed by atoms with van der Waals surface area (Å²) in [5, 5.41) is 11.7. The number of hydrogen-bond donors (Lipinski definition) is 2. The highest BCUT2D eigenvalue weighted by molar-refractivity contribution is 6.42. The standard InChI is InChI=1S/C12H17Cl2NO2/c13-11-4-3-10(9-12(11)14)17-8-2-1-5-15-6-7-16/h3-4,9,15-16H,1-2,5-8H2/p+1. The molecular weight excluding hydrogens is 261 g/mol. The number of unbranched alkanes of at least 4 members (excludes halogenated alkanes) is 1. The van der Waals surface area contributed by atoms with Gasteiger partial charge in [-0.05, 0) is 25.0 Å². The van der Waals surface area contributed by atoms with Gasteiger partial charge in [0, 0.05) is 6.07 Å². The van der Waals surface area contributed by atoms with E-state index in [0.717, 1.165) is 31.7 Å². The van der Waals surface area contributed by atoms with E-state index in [1.807, 2.05) is 6.07 Å². The van der Waals surface area contributed by atoms with Gasteiger partial charge >= 0.3 is 0 Å². The Bertz CT molecular complexity index is 334. The van der Waals surface area contributed by atoms with Crippen LogP contribution in [0.5, 0.6) is 5.75 Å². The summed E-state index contributed by atoms with van der Waals surface area (Å²) < 4.78 is 5.54. The zero-order valence-corrected chi connectivity index (χ0v) is 11.2. The molecule has 5 heteroatoms. The van der Waals surface area contributed by atoms with Crippen molar-refractivity contribution in [1.29, 1.82) is 0 Å². The molecule has 0 aromatic heterocycles. The van der Waals surface area contributed by atoms with Crippen LogP contribution in [-0.2, 0) is 0 Å². The predicted octanol–water partition coefficient (Wildman–Crippen LogP) is 1.71. The first-order valence-electron chi connectivity index (χ1n) is 5.74. The fourth-order valence-corrected chi connectivity index (χ4v) is 1.67. The molecule has 0 heterocycles. The van der Waals surface area contributed by atoms with Crippen molar-refractivity contribution in [3.8, 4) is 5.75 Å². The summed E-state index contributed by atoms with van der Waals surface area (Å²) >= 11 is 11.7. The monoisotopic (exact) mass is 278 g/mol. The molecule has 17 heavy (non-hydrogen) atoms. The summed E-state index contributed by atoms with van der Waals surface area (Å²) in [6.07, 6.45) is 2.06. The van der Waals surface area contributed by atoms with Crippen LogP contribution in [-0.4, -0.2) is 31.4 Å². The van der Waals surface area contributed by atoms with E-state index in [0.29, 0.717) is 16.7 Å². The Morgan fingerprint density at radius 1 is 1.12 bits per heavy atom. The lowest BCUT2D eigenvalue weighted by atomic mass is 10.3. The van der Waals surface area contributed by atoms with Gasteiger partial charge in [0.2, 0.25) is 0 Å². The first-order valence-corrected chi connectivity index (χ1v) is 6.50. The molecule has 96 valence electrons. The molecule has 0 aliphatic carbocycles. The van der Waals surface area contributed by atoms with Gasteiger partial charge in [-0.3, -0.25) is 0 Å². The summed E-state index contributed by atoms with van der Waals surface area (Å²) in [7, 11) is 0. The van der Waals surface area contributed by atoms with Gasteiger partial charge in [0.25, 0.3) is 0 Å². The van der Waals surface area contributed by atoms with Crippen molar-refractivity contribution in [2.24, 2.45) is 0 Å². The van der Waals surface area contributed by atoms with Gasteiger partial charge in [-0.2, -0.15) is 0 Å². The minimum atomic E-state index is 0.236. The second kappa shape index (κ2) is 8.59. The SMILES string of the molecule is OCC[NH2+]CCCCOc1ccc(Cl)c(Cl)c1. The number of hydrogen-bond acceptors (Lipinski definition) is 2. The van der Waals surface area contributed by atoms with E-state index in [1.54, 1.807) is 12.1 Å². The third kappa shape index (κ3) is 6.13. The lowest BCUT2D eigenvalue weighted by Gasteiger charge is -2.06. The molecule has 0 fully saturated rings. The number of ether oxygens (including phenoxy) is 1. The van der Waals surface area contributed by atoms with Crippen molar-refractivity contribution < 1.29 is 15.2 Å². The predicted molar refractivity (Wildman–Crippen MR) is 69.9 cm³/mol. The number of nitrogens with two attached hydrogens (primary N) is 1. The molecule has 0 aliphatic rings. The number of halogens is 2. The Balaban J connectivity index is 2.11. The number of rotatable bonds is 8. The van der Waals surface area contributed by atoms with Crippen LogP contribution in [0.4, 0.5) is 0 Å². The van der Waals surface area contributed by atoms with Crippen LogP contribution in [0.1, 0.15) is 12.8 Å². The highest BCUT2D eigenvalue weighted by atomic mass is 35.5. The molecule has 0 aliphatic heterocycles. The van der Waals surface area contributed by atoms with Gasteiger partial charge in [-0.25, -0.2) is 0 Å². The summed E-state index contributed by atoms with van der Waals surface area (Å²) in [6.45, 7) is 2.70. The largest absolute Gasteiger partial charge is 0.494 e. The van der Waals surface area contributed by atoms with Crippen molar-refractivity contribution in [2.75, 3.05) is 26.3 Å². The van der Waals surface area contributed by atoms with E-state index in [9.17, 15) is 0 Å². The Labute approximate surface area is 112 Å². The van der Waals surface area contributed by atoms with Crippen molar-refractivity contribution in [1.82, 2.24) is 0 Å². The van der Waals surface area contributed by atoms with Crippen LogP contribution in [0, 0.1) is 0 Å². The van der Waals surface area contributed by atoms with Crippen LogP contribution in [0.2, 0.25) is 10.0 Å². The van der Waals surface area contributed by atoms with Crippen LogP contribution in [0.25, 0.3) is 0 Å². The first kappa shape index (κ1) is 14.6. The summed E-state index contributed by atoms with van der Waals surface area (Å²) in [5.41, 5.74) is 0. The highest BCUT2D eigenvalue weighted by Crippen LogP contribution is 2.26. The summed E-state index contributed by atoms with van der Waals surface area (Å²) in [4.78, 5) is 0. The average Bonchev–Trinajstić information content (AvgIpc) is 2.32. The van der Waals surface area contributed by atoms with Gasteiger partial charge < -0.3 is 15.2 Å². The maximum atomic E-state index is 8.59. The molecule has 3 nitrogen and oxygen atoms in total. The fourth-order valence-electron chi connectivity index (χ4n) is 1.38. The first-order chi connectivity index (χ1) is 8.24. The van der Waals surface area contributed by atoms with Crippen LogP contribution >= 0.6 is 23.2 Å². The van der Waals surface area contributed by atoms with E-state index in [2.05, 4.69) is 5.32 Å². The van der Waals surface area contributed by atoms with E-state index in [1.165, 1.54) is 0 Å². The van der Waals surface area contributed by atoms with Crippen LogP contribution in [0.3, 0.4) is 0 Å². The minimum Gasteiger partial charge on any atom is -0.494 e. The van der Waals surface area contributed by atoms with E-state index in [-0.39, 0.29) is 6.61 Å².